The van der Waals surface area contributed by atoms with Crippen molar-refractivity contribution in [2.75, 3.05) is 0 Å². The molecule has 3 aromatic rings. The molecule has 0 spiro atoms. The minimum Gasteiger partial charge on any atom is -0.507 e. The van der Waals surface area contributed by atoms with Crippen LogP contribution in [0.5, 0.6) is 5.75 Å². The van der Waals surface area contributed by atoms with E-state index >= 15 is 0 Å². The predicted octanol–water partition coefficient (Wildman–Crippen LogP) is 2.88. The van der Waals surface area contributed by atoms with Crippen molar-refractivity contribution in [3.8, 4) is 28.1 Å². The Bertz CT molecular complexity index is 891. The summed E-state index contributed by atoms with van der Waals surface area (Å²) in [5, 5.41) is 34.1. The summed E-state index contributed by atoms with van der Waals surface area (Å²) in [5.41, 5.74) is 1.25. The van der Waals surface area contributed by atoms with Crippen molar-refractivity contribution in [3.05, 3.63) is 53.0 Å². The van der Waals surface area contributed by atoms with Crippen LogP contribution in [0.2, 0.25) is 0 Å². The fourth-order valence-electron chi connectivity index (χ4n) is 2.03. The molecule has 2 heterocycles. The number of rotatable bonds is 3. The van der Waals surface area contributed by atoms with Crippen molar-refractivity contribution in [3.63, 3.8) is 0 Å². The van der Waals surface area contributed by atoms with Gasteiger partial charge in [0.2, 0.25) is 0 Å². The van der Waals surface area contributed by atoms with Crippen LogP contribution in [0.1, 0.15) is 15.9 Å². The first kappa shape index (κ1) is 13.9. The molecule has 0 atom stereocenters. The molecule has 0 unspecified atom stereocenters. The number of benzene rings is 1. The van der Waals surface area contributed by atoms with E-state index in [4.69, 9.17) is 5.11 Å². The Labute approximate surface area is 129 Å². The van der Waals surface area contributed by atoms with Gasteiger partial charge in [-0.2, -0.15) is 10.4 Å². The monoisotopic (exact) mass is 311 g/mol. The zero-order valence-electron chi connectivity index (χ0n) is 11.1. The SMILES string of the molecule is N#Cc1cn(-c2ccc(C(=O)O)c(O)c2)nc1-c1cccs1. The van der Waals surface area contributed by atoms with Gasteiger partial charge in [0, 0.05) is 12.3 Å². The normalized spacial score (nSPS) is 10.3. The number of phenols is 1. The molecule has 2 aromatic heterocycles. The van der Waals surface area contributed by atoms with Gasteiger partial charge in [0.25, 0.3) is 0 Å². The highest BCUT2D eigenvalue weighted by molar-refractivity contribution is 7.13. The van der Waals surface area contributed by atoms with E-state index < -0.39 is 5.97 Å². The van der Waals surface area contributed by atoms with E-state index in [0.717, 1.165) is 4.88 Å². The van der Waals surface area contributed by atoms with Gasteiger partial charge in [0.1, 0.15) is 23.1 Å². The van der Waals surface area contributed by atoms with Crippen molar-refractivity contribution < 1.29 is 15.0 Å². The summed E-state index contributed by atoms with van der Waals surface area (Å²) >= 11 is 1.47. The Kier molecular flexibility index (Phi) is 3.37. The maximum absolute atomic E-state index is 10.9. The first-order valence-corrected chi connectivity index (χ1v) is 7.08. The molecule has 0 saturated carbocycles. The number of hydrogen-bond donors (Lipinski definition) is 2. The maximum Gasteiger partial charge on any atom is 0.339 e. The smallest absolute Gasteiger partial charge is 0.339 e. The van der Waals surface area contributed by atoms with Gasteiger partial charge in [-0.1, -0.05) is 6.07 Å². The molecule has 3 rings (SSSR count). The predicted molar refractivity (Wildman–Crippen MR) is 80.2 cm³/mol. The Morgan fingerprint density at radius 2 is 2.18 bits per heavy atom. The number of carboxylic acid groups (broad SMARTS) is 1. The molecule has 6 nitrogen and oxygen atoms in total. The summed E-state index contributed by atoms with van der Waals surface area (Å²) in [5.74, 6) is -1.56. The Morgan fingerprint density at radius 3 is 2.77 bits per heavy atom. The van der Waals surface area contributed by atoms with Crippen molar-refractivity contribution in [1.82, 2.24) is 9.78 Å². The van der Waals surface area contributed by atoms with Crippen LogP contribution < -0.4 is 0 Å². The summed E-state index contributed by atoms with van der Waals surface area (Å²) in [6.07, 6.45) is 1.55. The van der Waals surface area contributed by atoms with Crippen LogP contribution in [0, 0.1) is 11.3 Å². The van der Waals surface area contributed by atoms with E-state index in [2.05, 4.69) is 11.2 Å². The van der Waals surface area contributed by atoms with Gasteiger partial charge in [-0.3, -0.25) is 0 Å². The third-order valence-electron chi connectivity index (χ3n) is 3.07. The van der Waals surface area contributed by atoms with E-state index in [-0.39, 0.29) is 11.3 Å². The minimum absolute atomic E-state index is 0.185. The summed E-state index contributed by atoms with van der Waals surface area (Å²) in [4.78, 5) is 11.8. The number of aromatic hydroxyl groups is 1. The van der Waals surface area contributed by atoms with Crippen molar-refractivity contribution in [2.45, 2.75) is 0 Å². The molecule has 7 heteroatoms. The molecule has 0 aliphatic rings. The Morgan fingerprint density at radius 1 is 1.36 bits per heavy atom. The first-order chi connectivity index (χ1) is 10.6. The van der Waals surface area contributed by atoms with E-state index in [1.54, 1.807) is 6.20 Å². The summed E-state index contributed by atoms with van der Waals surface area (Å²) < 4.78 is 1.44. The number of aromatic nitrogens is 2. The topological polar surface area (TPSA) is 99.1 Å². The number of hydrogen-bond acceptors (Lipinski definition) is 5. The van der Waals surface area contributed by atoms with Gasteiger partial charge in [-0.15, -0.1) is 11.3 Å². The molecule has 1 aromatic carbocycles. The van der Waals surface area contributed by atoms with Crippen molar-refractivity contribution in [1.29, 1.82) is 5.26 Å². The number of aromatic carboxylic acids is 1. The third kappa shape index (κ3) is 2.32. The van der Waals surface area contributed by atoms with Crippen LogP contribution in [0.4, 0.5) is 0 Å². The lowest BCUT2D eigenvalue weighted by Crippen LogP contribution is -1.99. The van der Waals surface area contributed by atoms with Gasteiger partial charge in [-0.05, 0) is 23.6 Å². The average Bonchev–Trinajstić information content (AvgIpc) is 3.15. The van der Waals surface area contributed by atoms with Crippen LogP contribution in [0.25, 0.3) is 16.3 Å². The molecule has 0 bridgehead atoms. The second kappa shape index (κ2) is 5.35. The van der Waals surface area contributed by atoms with Gasteiger partial charge in [0.15, 0.2) is 0 Å². The van der Waals surface area contributed by atoms with Crippen molar-refractivity contribution in [2.24, 2.45) is 0 Å². The van der Waals surface area contributed by atoms with E-state index in [9.17, 15) is 15.2 Å². The van der Waals surface area contributed by atoms with E-state index in [0.29, 0.717) is 16.9 Å². The zero-order chi connectivity index (χ0) is 15.7. The summed E-state index contributed by atoms with van der Waals surface area (Å²) in [6.45, 7) is 0. The van der Waals surface area contributed by atoms with Gasteiger partial charge < -0.3 is 10.2 Å². The van der Waals surface area contributed by atoms with E-state index in [1.807, 2.05) is 17.5 Å². The average molecular weight is 311 g/mol. The van der Waals surface area contributed by atoms with Crippen LogP contribution in [0.3, 0.4) is 0 Å². The molecule has 0 radical (unpaired) electrons. The third-order valence-corrected chi connectivity index (χ3v) is 3.94. The number of nitrogens with zero attached hydrogens (tertiary/aromatic N) is 3. The molecule has 22 heavy (non-hydrogen) atoms. The number of carboxylic acids is 1. The molecular formula is C15H9N3O3S. The highest BCUT2D eigenvalue weighted by Crippen LogP contribution is 2.28. The molecule has 2 N–H and O–H groups in total. The maximum atomic E-state index is 10.9. The van der Waals surface area contributed by atoms with Crippen LogP contribution >= 0.6 is 11.3 Å². The van der Waals surface area contributed by atoms with Gasteiger partial charge in [-0.25, -0.2) is 9.48 Å². The molecule has 108 valence electrons. The molecular weight excluding hydrogens is 302 g/mol. The summed E-state index contributed by atoms with van der Waals surface area (Å²) in [6, 6.07) is 9.94. The van der Waals surface area contributed by atoms with Gasteiger partial charge >= 0.3 is 5.97 Å². The van der Waals surface area contributed by atoms with Gasteiger partial charge in [0.05, 0.1) is 16.1 Å². The lowest BCUT2D eigenvalue weighted by Gasteiger charge is -2.04. The number of thiophene rings is 1. The highest BCUT2D eigenvalue weighted by atomic mass is 32.1. The quantitative estimate of drug-likeness (QED) is 0.775. The van der Waals surface area contributed by atoms with Crippen molar-refractivity contribution >= 4 is 17.3 Å². The molecule has 0 amide bonds. The molecule has 0 aliphatic carbocycles. The fourth-order valence-corrected chi connectivity index (χ4v) is 2.75. The van der Waals surface area contributed by atoms with Crippen LogP contribution in [-0.4, -0.2) is 26.0 Å². The largest absolute Gasteiger partial charge is 0.507 e. The minimum atomic E-state index is -1.21. The zero-order valence-corrected chi connectivity index (χ0v) is 11.9. The molecule has 0 aliphatic heterocycles. The standard InChI is InChI=1S/C15H9N3O3S/c16-7-9-8-18(17-14(9)13-2-1-5-22-13)10-3-4-11(15(20)21)12(19)6-10/h1-6,8,19H,(H,20,21). The molecule has 0 saturated heterocycles. The Hall–Kier alpha value is -3.11. The lowest BCUT2D eigenvalue weighted by atomic mass is 10.2. The number of nitriles is 1. The lowest BCUT2D eigenvalue weighted by molar-refractivity contribution is 0.0694. The Balaban J connectivity index is 2.08. The van der Waals surface area contributed by atoms with Crippen LogP contribution in [0.15, 0.2) is 41.9 Å². The van der Waals surface area contributed by atoms with E-state index in [1.165, 1.54) is 34.2 Å². The summed E-state index contributed by atoms with van der Waals surface area (Å²) in [7, 11) is 0. The second-order valence-corrected chi connectivity index (χ2v) is 5.38. The fraction of sp³-hybridized carbons (Fsp3) is 0. The first-order valence-electron chi connectivity index (χ1n) is 6.20. The molecule has 0 fully saturated rings. The highest BCUT2D eigenvalue weighted by Gasteiger charge is 2.15. The van der Waals surface area contributed by atoms with Crippen LogP contribution in [-0.2, 0) is 0 Å². The second-order valence-electron chi connectivity index (χ2n) is 4.43. The number of carbonyl (C=O) groups is 1.